The van der Waals surface area contributed by atoms with Crippen LogP contribution in [0.15, 0.2) is 24.3 Å². The average Bonchev–Trinajstić information content (AvgIpc) is 3.30. The monoisotopic (exact) mass is 529 g/mol. The Morgan fingerprint density at radius 1 is 1.12 bits per heavy atom. The number of anilines is 1. The Bertz CT molecular complexity index is 867. The van der Waals surface area contributed by atoms with Crippen LogP contribution in [0.3, 0.4) is 0 Å². The highest BCUT2D eigenvalue weighted by Crippen LogP contribution is 2.31. The number of halogens is 2. The van der Waals surface area contributed by atoms with E-state index in [0.29, 0.717) is 34.4 Å². The predicted octanol–water partition coefficient (Wildman–Crippen LogP) is 5.56. The zero-order chi connectivity index (χ0) is 24.9. The summed E-state index contributed by atoms with van der Waals surface area (Å²) in [5, 5.41) is 14.3. The molecule has 1 aromatic carbocycles. The Kier molecular flexibility index (Phi) is 13.3. The number of aliphatic hydroxyl groups is 1. The number of carbonyl (C=O) groups is 1. The van der Waals surface area contributed by atoms with Crippen LogP contribution in [0.5, 0.6) is 0 Å². The molecule has 0 saturated carbocycles. The molecule has 0 aliphatic carbocycles. The van der Waals surface area contributed by atoms with Gasteiger partial charge >= 0.3 is 0 Å². The fourth-order valence-electron chi connectivity index (χ4n) is 3.53. The van der Waals surface area contributed by atoms with Gasteiger partial charge in [0.05, 0.1) is 33.3 Å². The van der Waals surface area contributed by atoms with Gasteiger partial charge in [0.15, 0.2) is 0 Å². The number of benzene rings is 1. The molecule has 1 heterocycles. The van der Waals surface area contributed by atoms with Crippen molar-refractivity contribution < 1.29 is 14.6 Å². The second-order valence-electron chi connectivity index (χ2n) is 8.14. The van der Waals surface area contributed by atoms with Crippen LogP contribution in [0.25, 0.3) is 0 Å². The molecular weight excluding hydrogens is 493 g/mol. The largest absolute Gasteiger partial charge is 0.396 e. The van der Waals surface area contributed by atoms with Crippen LogP contribution in [-0.4, -0.2) is 55.3 Å². The average molecular weight is 531 g/mol. The van der Waals surface area contributed by atoms with Crippen LogP contribution in [0.2, 0.25) is 10.0 Å². The SMILES string of the molecule is CCN(CC)C(=O)c1ccc(CCOCCCCCCNCC(O)c2cc(Cl)c(N)c(Cl)c2)s1. The fourth-order valence-corrected chi connectivity index (χ4v) is 4.99. The number of amides is 1. The molecular formula is C25H37Cl2N3O3S. The normalized spacial score (nSPS) is 12.1. The molecule has 2 rings (SSSR count). The Morgan fingerprint density at radius 3 is 2.47 bits per heavy atom. The summed E-state index contributed by atoms with van der Waals surface area (Å²) in [5.41, 5.74) is 6.72. The van der Waals surface area contributed by atoms with Crippen molar-refractivity contribution in [1.29, 1.82) is 0 Å². The van der Waals surface area contributed by atoms with Gasteiger partial charge in [0.25, 0.3) is 5.91 Å². The molecule has 4 N–H and O–H groups in total. The molecule has 6 nitrogen and oxygen atoms in total. The quantitative estimate of drug-likeness (QED) is 0.195. The molecule has 0 radical (unpaired) electrons. The second kappa shape index (κ2) is 15.6. The van der Waals surface area contributed by atoms with Gasteiger partial charge in [0.2, 0.25) is 0 Å². The lowest BCUT2D eigenvalue weighted by Crippen LogP contribution is -2.29. The smallest absolute Gasteiger partial charge is 0.263 e. The van der Waals surface area contributed by atoms with Gasteiger partial charge < -0.3 is 25.8 Å². The third-order valence-corrected chi connectivity index (χ3v) is 7.39. The first-order valence-electron chi connectivity index (χ1n) is 12.0. The number of nitrogen functional groups attached to an aromatic ring is 1. The summed E-state index contributed by atoms with van der Waals surface area (Å²) in [6.07, 6.45) is 4.43. The summed E-state index contributed by atoms with van der Waals surface area (Å²) in [7, 11) is 0. The number of nitrogens with two attached hydrogens (primary N) is 1. The number of aliphatic hydroxyl groups excluding tert-OH is 1. The van der Waals surface area contributed by atoms with Gasteiger partial charge in [-0.15, -0.1) is 11.3 Å². The maximum Gasteiger partial charge on any atom is 0.263 e. The molecule has 2 aromatic rings. The van der Waals surface area contributed by atoms with Crippen molar-refractivity contribution in [2.45, 2.75) is 52.1 Å². The van der Waals surface area contributed by atoms with Gasteiger partial charge in [-0.1, -0.05) is 36.0 Å². The number of rotatable bonds is 16. The van der Waals surface area contributed by atoms with Crippen LogP contribution in [-0.2, 0) is 11.2 Å². The molecule has 0 saturated heterocycles. The number of nitrogens with zero attached hydrogens (tertiary/aromatic N) is 1. The molecule has 0 aliphatic heterocycles. The van der Waals surface area contributed by atoms with Crippen LogP contribution in [0.4, 0.5) is 5.69 Å². The van der Waals surface area contributed by atoms with E-state index >= 15 is 0 Å². The molecule has 1 atom stereocenters. The number of hydrogen-bond acceptors (Lipinski definition) is 6. The van der Waals surface area contributed by atoms with Crippen molar-refractivity contribution in [2.24, 2.45) is 0 Å². The topological polar surface area (TPSA) is 87.8 Å². The Balaban J connectivity index is 1.49. The molecule has 190 valence electrons. The Morgan fingerprint density at radius 2 is 1.79 bits per heavy atom. The second-order valence-corrected chi connectivity index (χ2v) is 10.1. The van der Waals surface area contributed by atoms with E-state index in [1.807, 2.05) is 30.9 Å². The van der Waals surface area contributed by atoms with E-state index in [1.54, 1.807) is 23.5 Å². The summed E-state index contributed by atoms with van der Waals surface area (Å²) in [6, 6.07) is 7.26. The lowest BCUT2D eigenvalue weighted by Gasteiger charge is -2.17. The van der Waals surface area contributed by atoms with Gasteiger partial charge in [0.1, 0.15) is 0 Å². The van der Waals surface area contributed by atoms with Crippen molar-refractivity contribution in [3.8, 4) is 0 Å². The first-order chi connectivity index (χ1) is 16.4. The van der Waals surface area contributed by atoms with Crippen LogP contribution < -0.4 is 11.1 Å². The van der Waals surface area contributed by atoms with Crippen LogP contribution in [0, 0.1) is 0 Å². The number of carbonyl (C=O) groups excluding carboxylic acids is 1. The number of unbranched alkanes of at least 4 members (excludes halogenated alkanes) is 3. The van der Waals surface area contributed by atoms with E-state index in [2.05, 4.69) is 5.32 Å². The summed E-state index contributed by atoms with van der Waals surface area (Å²) < 4.78 is 5.77. The van der Waals surface area contributed by atoms with Crippen LogP contribution in [0.1, 0.15) is 65.7 Å². The molecule has 1 unspecified atom stereocenters. The highest BCUT2D eigenvalue weighted by atomic mass is 35.5. The van der Waals surface area contributed by atoms with E-state index in [9.17, 15) is 9.90 Å². The minimum Gasteiger partial charge on any atom is -0.396 e. The standard InChI is InChI=1S/C25H37Cl2N3O3S/c1-3-30(4-2)25(32)23-10-9-19(34-23)11-14-33-13-8-6-5-7-12-29-17-22(31)18-15-20(26)24(28)21(27)16-18/h9-10,15-16,22,29,31H,3-8,11-14,17,28H2,1-2H3. The lowest BCUT2D eigenvalue weighted by atomic mass is 10.1. The maximum atomic E-state index is 12.4. The van der Waals surface area contributed by atoms with Crippen molar-refractivity contribution in [3.05, 3.63) is 49.6 Å². The highest BCUT2D eigenvalue weighted by Gasteiger charge is 2.15. The van der Waals surface area contributed by atoms with E-state index in [0.717, 1.165) is 63.2 Å². The van der Waals surface area contributed by atoms with Crippen molar-refractivity contribution in [2.75, 3.05) is 45.1 Å². The van der Waals surface area contributed by atoms with Gasteiger partial charge in [-0.05, 0) is 63.1 Å². The number of hydrogen-bond donors (Lipinski definition) is 3. The van der Waals surface area contributed by atoms with Gasteiger partial charge in [-0.25, -0.2) is 0 Å². The summed E-state index contributed by atoms with van der Waals surface area (Å²) in [6.45, 7) is 8.17. The molecule has 0 aliphatic rings. The third-order valence-electron chi connectivity index (χ3n) is 5.63. The summed E-state index contributed by atoms with van der Waals surface area (Å²) in [5.74, 6) is 0.116. The predicted molar refractivity (Wildman–Crippen MR) is 143 cm³/mol. The lowest BCUT2D eigenvalue weighted by molar-refractivity contribution is 0.0777. The van der Waals surface area contributed by atoms with Crippen molar-refractivity contribution in [1.82, 2.24) is 10.2 Å². The van der Waals surface area contributed by atoms with E-state index in [-0.39, 0.29) is 5.91 Å². The minimum absolute atomic E-state index is 0.116. The zero-order valence-corrected chi connectivity index (χ0v) is 22.4. The molecule has 9 heteroatoms. The zero-order valence-electron chi connectivity index (χ0n) is 20.1. The van der Waals surface area contributed by atoms with Gasteiger partial charge in [0, 0.05) is 37.5 Å². The number of nitrogens with one attached hydrogen (secondary N) is 1. The molecule has 0 fully saturated rings. The molecule has 34 heavy (non-hydrogen) atoms. The molecule has 0 bridgehead atoms. The first-order valence-corrected chi connectivity index (χ1v) is 13.5. The van der Waals surface area contributed by atoms with Crippen LogP contribution >= 0.6 is 34.5 Å². The molecule has 1 amide bonds. The fraction of sp³-hybridized carbons (Fsp3) is 0.560. The first kappa shape index (κ1) is 28.9. The maximum absolute atomic E-state index is 12.4. The number of ether oxygens (including phenoxy) is 1. The molecule has 0 spiro atoms. The van der Waals surface area contributed by atoms with E-state index in [4.69, 9.17) is 33.7 Å². The highest BCUT2D eigenvalue weighted by molar-refractivity contribution is 7.14. The Hall–Kier alpha value is -1.35. The summed E-state index contributed by atoms with van der Waals surface area (Å²) >= 11 is 13.6. The Labute approximate surface area is 217 Å². The summed E-state index contributed by atoms with van der Waals surface area (Å²) in [4.78, 5) is 16.2. The van der Waals surface area contributed by atoms with Gasteiger partial charge in [-0.3, -0.25) is 4.79 Å². The van der Waals surface area contributed by atoms with E-state index < -0.39 is 6.10 Å². The van der Waals surface area contributed by atoms with Crippen molar-refractivity contribution in [3.63, 3.8) is 0 Å². The minimum atomic E-state index is -0.682. The number of thiophene rings is 1. The third kappa shape index (κ3) is 9.36. The van der Waals surface area contributed by atoms with Gasteiger partial charge in [-0.2, -0.15) is 0 Å². The molecule has 1 aromatic heterocycles. The van der Waals surface area contributed by atoms with E-state index in [1.165, 1.54) is 4.88 Å². The van der Waals surface area contributed by atoms with Crippen molar-refractivity contribution >= 4 is 46.1 Å².